The average molecular weight is 258 g/mol. The minimum absolute atomic E-state index is 0.178. The number of anilines is 2. The molecule has 98 valence electrons. The molecule has 5 N–H and O–H groups in total. The Labute approximate surface area is 110 Å². The number of amides is 1. The quantitative estimate of drug-likeness (QED) is 0.621. The van der Waals surface area contributed by atoms with Crippen molar-refractivity contribution in [3.8, 4) is 11.5 Å². The van der Waals surface area contributed by atoms with E-state index in [0.29, 0.717) is 11.4 Å². The topological polar surface area (TPSA) is 95.6 Å². The lowest BCUT2D eigenvalue weighted by Gasteiger charge is -2.10. The number of hydrogen-bond acceptors (Lipinski definition) is 4. The summed E-state index contributed by atoms with van der Waals surface area (Å²) in [5, 5.41) is 21.8. The van der Waals surface area contributed by atoms with Crippen LogP contribution < -0.4 is 11.1 Å². The van der Waals surface area contributed by atoms with Crippen molar-refractivity contribution in [2.45, 2.75) is 6.92 Å². The number of aromatic hydroxyl groups is 2. The average Bonchev–Trinajstić information content (AvgIpc) is 2.32. The molecule has 0 radical (unpaired) electrons. The Hall–Kier alpha value is -2.69. The molecule has 0 spiro atoms. The number of phenols is 2. The van der Waals surface area contributed by atoms with Crippen LogP contribution in [0.15, 0.2) is 36.4 Å². The van der Waals surface area contributed by atoms with Crippen molar-refractivity contribution in [3.05, 3.63) is 47.5 Å². The summed E-state index contributed by atoms with van der Waals surface area (Å²) < 4.78 is 0. The van der Waals surface area contributed by atoms with Crippen molar-refractivity contribution in [2.24, 2.45) is 0 Å². The van der Waals surface area contributed by atoms with Crippen LogP contribution in [0.5, 0.6) is 11.5 Å². The van der Waals surface area contributed by atoms with Crippen LogP contribution >= 0.6 is 0 Å². The van der Waals surface area contributed by atoms with Gasteiger partial charge in [0.1, 0.15) is 17.1 Å². The molecule has 0 saturated heterocycles. The van der Waals surface area contributed by atoms with Gasteiger partial charge in [-0.25, -0.2) is 0 Å². The van der Waals surface area contributed by atoms with E-state index in [0.717, 1.165) is 5.56 Å². The van der Waals surface area contributed by atoms with Crippen LogP contribution in [0.2, 0.25) is 0 Å². The van der Waals surface area contributed by atoms with Crippen LogP contribution in [0, 0.1) is 6.92 Å². The molecule has 0 aliphatic carbocycles. The van der Waals surface area contributed by atoms with Crippen molar-refractivity contribution in [2.75, 3.05) is 11.1 Å². The summed E-state index contributed by atoms with van der Waals surface area (Å²) in [6.07, 6.45) is 0. The Bertz CT molecular complexity index is 618. The second kappa shape index (κ2) is 4.89. The SMILES string of the molecule is Cc1ccc(NC(=O)c2c(O)cccc2O)c(N)c1. The highest BCUT2D eigenvalue weighted by Crippen LogP contribution is 2.28. The summed E-state index contributed by atoms with van der Waals surface area (Å²) in [6, 6.07) is 9.29. The Morgan fingerprint density at radius 3 is 2.37 bits per heavy atom. The molecule has 1 amide bonds. The highest BCUT2D eigenvalue weighted by molar-refractivity contribution is 6.09. The highest BCUT2D eigenvalue weighted by Gasteiger charge is 2.16. The predicted molar refractivity (Wildman–Crippen MR) is 73.3 cm³/mol. The standard InChI is InChI=1S/C14H14N2O3/c1-8-5-6-10(9(15)7-8)16-14(19)13-11(17)3-2-4-12(13)18/h2-7,17-18H,15H2,1H3,(H,16,19). The van der Waals surface area contributed by atoms with E-state index < -0.39 is 5.91 Å². The lowest BCUT2D eigenvalue weighted by atomic mass is 10.1. The van der Waals surface area contributed by atoms with E-state index in [1.165, 1.54) is 18.2 Å². The summed E-state index contributed by atoms with van der Waals surface area (Å²) in [7, 11) is 0. The lowest BCUT2D eigenvalue weighted by Crippen LogP contribution is -2.13. The van der Waals surface area contributed by atoms with Crippen LogP contribution in [0.1, 0.15) is 15.9 Å². The van der Waals surface area contributed by atoms with Gasteiger partial charge < -0.3 is 21.3 Å². The molecule has 0 fully saturated rings. The number of rotatable bonds is 2. The van der Waals surface area contributed by atoms with Gasteiger partial charge in [-0.15, -0.1) is 0 Å². The molecular weight excluding hydrogens is 244 g/mol. The third-order valence-electron chi connectivity index (χ3n) is 2.70. The summed E-state index contributed by atoms with van der Waals surface area (Å²) in [6.45, 7) is 1.89. The number of hydrogen-bond donors (Lipinski definition) is 4. The number of nitrogens with one attached hydrogen (secondary N) is 1. The number of phenolic OH excluding ortho intramolecular Hbond substituents is 2. The molecule has 19 heavy (non-hydrogen) atoms. The zero-order valence-corrected chi connectivity index (χ0v) is 10.3. The summed E-state index contributed by atoms with van der Waals surface area (Å²) in [5.41, 5.74) is 7.43. The van der Waals surface area contributed by atoms with Gasteiger partial charge in [-0.3, -0.25) is 4.79 Å². The molecule has 2 rings (SSSR count). The molecule has 0 aliphatic rings. The van der Waals surface area contributed by atoms with Gasteiger partial charge in [0, 0.05) is 0 Å². The van der Waals surface area contributed by atoms with E-state index in [2.05, 4.69) is 5.32 Å². The van der Waals surface area contributed by atoms with Gasteiger partial charge in [-0.1, -0.05) is 12.1 Å². The number of carbonyl (C=O) groups excluding carboxylic acids is 1. The first-order chi connectivity index (χ1) is 8.99. The van der Waals surface area contributed by atoms with Gasteiger partial charge in [0.05, 0.1) is 11.4 Å². The van der Waals surface area contributed by atoms with E-state index in [1.54, 1.807) is 18.2 Å². The molecular formula is C14H14N2O3. The van der Waals surface area contributed by atoms with E-state index in [-0.39, 0.29) is 17.1 Å². The number of benzene rings is 2. The molecule has 2 aromatic carbocycles. The third kappa shape index (κ3) is 2.60. The Morgan fingerprint density at radius 2 is 1.79 bits per heavy atom. The maximum atomic E-state index is 12.0. The first kappa shape index (κ1) is 12.8. The van der Waals surface area contributed by atoms with Crippen LogP contribution in [0.3, 0.4) is 0 Å². The maximum absolute atomic E-state index is 12.0. The zero-order chi connectivity index (χ0) is 14.0. The van der Waals surface area contributed by atoms with Gasteiger partial charge in [0.15, 0.2) is 0 Å². The lowest BCUT2D eigenvalue weighted by molar-refractivity contribution is 0.102. The molecule has 0 aliphatic heterocycles. The zero-order valence-electron chi connectivity index (χ0n) is 10.3. The molecule has 0 unspecified atom stereocenters. The summed E-state index contributed by atoms with van der Waals surface area (Å²) in [4.78, 5) is 12.0. The Morgan fingerprint density at radius 1 is 1.16 bits per heavy atom. The Balaban J connectivity index is 2.31. The van der Waals surface area contributed by atoms with Crippen molar-refractivity contribution in [1.82, 2.24) is 0 Å². The van der Waals surface area contributed by atoms with Crippen LogP contribution in [0.4, 0.5) is 11.4 Å². The number of nitrogens with two attached hydrogens (primary N) is 1. The fourth-order valence-electron chi connectivity index (χ4n) is 1.74. The molecule has 0 saturated carbocycles. The highest BCUT2D eigenvalue weighted by atomic mass is 16.3. The predicted octanol–water partition coefficient (Wildman–Crippen LogP) is 2.24. The third-order valence-corrected chi connectivity index (χ3v) is 2.70. The molecule has 0 atom stereocenters. The fraction of sp³-hybridized carbons (Fsp3) is 0.0714. The smallest absolute Gasteiger partial charge is 0.263 e. The van der Waals surface area contributed by atoms with E-state index in [9.17, 15) is 15.0 Å². The molecule has 5 nitrogen and oxygen atoms in total. The van der Waals surface area contributed by atoms with Crippen LogP contribution in [0.25, 0.3) is 0 Å². The van der Waals surface area contributed by atoms with E-state index in [1.807, 2.05) is 6.92 Å². The summed E-state index contributed by atoms with van der Waals surface area (Å²) >= 11 is 0. The molecule has 5 heteroatoms. The van der Waals surface area contributed by atoms with Crippen LogP contribution in [-0.4, -0.2) is 16.1 Å². The van der Waals surface area contributed by atoms with E-state index >= 15 is 0 Å². The monoisotopic (exact) mass is 258 g/mol. The van der Waals surface area contributed by atoms with Crippen LogP contribution in [-0.2, 0) is 0 Å². The number of aryl methyl sites for hydroxylation is 1. The minimum atomic E-state index is -0.619. The normalized spacial score (nSPS) is 10.2. The molecule has 2 aromatic rings. The number of carbonyl (C=O) groups is 1. The molecule has 0 heterocycles. The van der Waals surface area contributed by atoms with Crippen molar-refractivity contribution < 1.29 is 15.0 Å². The van der Waals surface area contributed by atoms with Gasteiger partial charge in [-0.2, -0.15) is 0 Å². The van der Waals surface area contributed by atoms with Gasteiger partial charge in [-0.05, 0) is 36.8 Å². The second-order valence-corrected chi connectivity index (χ2v) is 4.22. The van der Waals surface area contributed by atoms with Crippen molar-refractivity contribution >= 4 is 17.3 Å². The van der Waals surface area contributed by atoms with Crippen molar-refractivity contribution in [3.63, 3.8) is 0 Å². The maximum Gasteiger partial charge on any atom is 0.263 e. The minimum Gasteiger partial charge on any atom is -0.507 e. The first-order valence-electron chi connectivity index (χ1n) is 5.67. The van der Waals surface area contributed by atoms with Gasteiger partial charge >= 0.3 is 0 Å². The number of nitrogen functional groups attached to an aromatic ring is 1. The van der Waals surface area contributed by atoms with Crippen molar-refractivity contribution in [1.29, 1.82) is 0 Å². The summed E-state index contributed by atoms with van der Waals surface area (Å²) in [5.74, 6) is -1.20. The van der Waals surface area contributed by atoms with Gasteiger partial charge in [0.25, 0.3) is 5.91 Å². The van der Waals surface area contributed by atoms with E-state index in [4.69, 9.17) is 5.73 Å². The second-order valence-electron chi connectivity index (χ2n) is 4.22. The fourth-order valence-corrected chi connectivity index (χ4v) is 1.74. The largest absolute Gasteiger partial charge is 0.507 e. The van der Waals surface area contributed by atoms with Gasteiger partial charge in [0.2, 0.25) is 0 Å². The molecule has 0 bridgehead atoms. The first-order valence-corrected chi connectivity index (χ1v) is 5.67. The molecule has 0 aromatic heterocycles. The Kier molecular flexibility index (Phi) is 3.29.